The maximum Gasteiger partial charge on any atom is 0.263 e. The van der Waals surface area contributed by atoms with Crippen LogP contribution in [0.3, 0.4) is 0 Å². The molecule has 8 heteroatoms. The fraction of sp³-hybridized carbons (Fsp3) is 0.714. The average molecular weight is 404 g/mol. The Morgan fingerprint density at radius 2 is 2.03 bits per heavy atom. The number of hydrogen-bond donors (Lipinski definition) is 1. The lowest BCUT2D eigenvalue weighted by Crippen LogP contribution is -2.39. The van der Waals surface area contributed by atoms with Crippen molar-refractivity contribution in [1.82, 2.24) is 20.4 Å². The van der Waals surface area contributed by atoms with E-state index in [2.05, 4.69) is 34.2 Å². The van der Waals surface area contributed by atoms with Gasteiger partial charge in [-0.25, -0.2) is 4.98 Å². The molecule has 1 saturated heterocycles. The highest BCUT2D eigenvalue weighted by Gasteiger charge is 2.27. The summed E-state index contributed by atoms with van der Waals surface area (Å²) in [7, 11) is 0. The summed E-state index contributed by atoms with van der Waals surface area (Å²) in [6.07, 6.45) is 2.86. The Morgan fingerprint density at radius 1 is 1.28 bits per heavy atom. The van der Waals surface area contributed by atoms with Gasteiger partial charge in [0.25, 0.3) is 5.71 Å². The quantitative estimate of drug-likeness (QED) is 0.644. The summed E-state index contributed by atoms with van der Waals surface area (Å²) in [5.74, 6) is 2.73. The Labute approximate surface area is 172 Å². The van der Waals surface area contributed by atoms with Gasteiger partial charge in [-0.1, -0.05) is 19.0 Å². The van der Waals surface area contributed by atoms with Crippen LogP contribution in [0.2, 0.25) is 0 Å². The minimum atomic E-state index is 0.000660. The third-order valence-electron chi connectivity index (χ3n) is 5.27. The molecule has 1 fully saturated rings. The molecule has 2 aromatic rings. The van der Waals surface area contributed by atoms with Gasteiger partial charge < -0.3 is 19.5 Å². The van der Waals surface area contributed by atoms with Crippen LogP contribution in [-0.2, 0) is 16.0 Å². The minimum Gasteiger partial charge on any atom is -0.382 e. The zero-order valence-electron chi connectivity index (χ0n) is 18.0. The third kappa shape index (κ3) is 5.65. The van der Waals surface area contributed by atoms with Gasteiger partial charge in [0.05, 0.1) is 5.69 Å². The van der Waals surface area contributed by atoms with Gasteiger partial charge in [0.1, 0.15) is 17.0 Å². The van der Waals surface area contributed by atoms with Gasteiger partial charge in [-0.3, -0.25) is 4.79 Å². The lowest BCUT2D eigenvalue weighted by Gasteiger charge is -2.36. The first-order valence-corrected chi connectivity index (χ1v) is 10.7. The second-order valence-corrected chi connectivity index (χ2v) is 8.16. The summed E-state index contributed by atoms with van der Waals surface area (Å²) in [4.78, 5) is 23.8. The summed E-state index contributed by atoms with van der Waals surface area (Å²) < 4.78 is 10.7. The van der Waals surface area contributed by atoms with Crippen LogP contribution in [0.4, 0.5) is 5.82 Å². The average Bonchev–Trinajstić information content (AvgIpc) is 3.06. The van der Waals surface area contributed by atoms with Crippen LogP contribution < -0.4 is 10.2 Å². The van der Waals surface area contributed by atoms with Crippen LogP contribution in [0.5, 0.6) is 0 Å². The van der Waals surface area contributed by atoms with Crippen molar-refractivity contribution < 1.29 is 14.1 Å². The van der Waals surface area contributed by atoms with Crippen LogP contribution in [0, 0.1) is 18.8 Å². The summed E-state index contributed by atoms with van der Waals surface area (Å²) in [6, 6.07) is 0. The SMILES string of the molecule is CCOCCCNC(=O)CCc1nc(N2C[C@@H](C)C[C@H](C)C2)c2c(C)noc2n1. The molecule has 3 heterocycles. The molecule has 0 radical (unpaired) electrons. The molecule has 0 bridgehead atoms. The number of nitrogens with zero attached hydrogens (tertiary/aromatic N) is 4. The maximum atomic E-state index is 12.1. The van der Waals surface area contributed by atoms with Crippen molar-refractivity contribution >= 4 is 22.8 Å². The lowest BCUT2D eigenvalue weighted by atomic mass is 9.92. The molecule has 1 amide bonds. The molecule has 0 aromatic carbocycles. The number of anilines is 1. The first-order valence-electron chi connectivity index (χ1n) is 10.7. The Kier molecular flexibility index (Phi) is 7.41. The Morgan fingerprint density at radius 3 is 2.76 bits per heavy atom. The summed E-state index contributed by atoms with van der Waals surface area (Å²) in [5, 5.41) is 7.90. The number of aryl methyl sites for hydroxylation is 2. The van der Waals surface area contributed by atoms with E-state index in [1.807, 2.05) is 13.8 Å². The van der Waals surface area contributed by atoms with Crippen LogP contribution in [0.25, 0.3) is 11.1 Å². The largest absolute Gasteiger partial charge is 0.382 e. The lowest BCUT2D eigenvalue weighted by molar-refractivity contribution is -0.121. The second-order valence-electron chi connectivity index (χ2n) is 8.16. The maximum absolute atomic E-state index is 12.1. The van der Waals surface area contributed by atoms with Crippen LogP contribution in [-0.4, -0.2) is 53.9 Å². The molecule has 1 N–H and O–H groups in total. The van der Waals surface area contributed by atoms with Gasteiger partial charge in [-0.05, 0) is 38.5 Å². The molecule has 1 aliphatic heterocycles. The number of piperidine rings is 1. The van der Waals surface area contributed by atoms with E-state index in [0.29, 0.717) is 56.0 Å². The highest BCUT2D eigenvalue weighted by Crippen LogP contribution is 2.31. The summed E-state index contributed by atoms with van der Waals surface area (Å²) in [6.45, 7) is 12.3. The van der Waals surface area contributed by atoms with E-state index >= 15 is 0 Å². The Bertz CT molecular complexity index is 812. The fourth-order valence-electron chi connectivity index (χ4n) is 4.05. The van der Waals surface area contributed by atoms with Gasteiger partial charge in [-0.2, -0.15) is 4.98 Å². The number of ether oxygens (including phenoxy) is 1. The molecule has 1 aliphatic rings. The van der Waals surface area contributed by atoms with Crippen LogP contribution >= 0.6 is 0 Å². The molecule has 3 rings (SSSR count). The van der Waals surface area contributed by atoms with Crippen molar-refractivity contribution in [2.45, 2.75) is 53.4 Å². The van der Waals surface area contributed by atoms with Crippen molar-refractivity contribution in [2.75, 3.05) is 37.7 Å². The van der Waals surface area contributed by atoms with Crippen LogP contribution in [0.1, 0.15) is 51.6 Å². The van der Waals surface area contributed by atoms with Crippen molar-refractivity contribution in [1.29, 1.82) is 0 Å². The zero-order valence-corrected chi connectivity index (χ0v) is 18.0. The Hall–Kier alpha value is -2.22. The standard InChI is InChI=1S/C21H33N5O3/c1-5-28-10-6-9-22-18(27)8-7-17-23-20(19-16(4)25-29-21(19)24-17)26-12-14(2)11-15(3)13-26/h14-15H,5-13H2,1-4H3,(H,22,27)/t14-,15-/m0/s1. The molecule has 8 nitrogen and oxygen atoms in total. The second kappa shape index (κ2) is 10.0. The predicted octanol–water partition coefficient (Wildman–Crippen LogP) is 2.88. The molecule has 160 valence electrons. The van der Waals surface area contributed by atoms with Gasteiger partial charge in [0, 0.05) is 45.7 Å². The monoisotopic (exact) mass is 403 g/mol. The number of rotatable bonds is 9. The van der Waals surface area contributed by atoms with Crippen molar-refractivity contribution in [3.05, 3.63) is 11.5 Å². The van der Waals surface area contributed by atoms with Crippen molar-refractivity contribution in [2.24, 2.45) is 11.8 Å². The van der Waals surface area contributed by atoms with E-state index in [0.717, 1.165) is 36.4 Å². The van der Waals surface area contributed by atoms with Crippen molar-refractivity contribution in [3.63, 3.8) is 0 Å². The zero-order chi connectivity index (χ0) is 20.8. The number of aromatic nitrogens is 3. The predicted molar refractivity (Wildman–Crippen MR) is 112 cm³/mol. The van der Waals surface area contributed by atoms with Crippen molar-refractivity contribution in [3.8, 4) is 0 Å². The molecular weight excluding hydrogens is 370 g/mol. The number of amides is 1. The smallest absolute Gasteiger partial charge is 0.263 e. The number of hydrogen-bond acceptors (Lipinski definition) is 7. The normalized spacial score (nSPS) is 19.7. The molecule has 0 spiro atoms. The molecule has 0 unspecified atom stereocenters. The molecule has 2 aromatic heterocycles. The van der Waals surface area contributed by atoms with E-state index in [1.165, 1.54) is 6.42 Å². The van der Waals surface area contributed by atoms with E-state index < -0.39 is 0 Å². The van der Waals surface area contributed by atoms with E-state index in [4.69, 9.17) is 14.2 Å². The van der Waals surface area contributed by atoms with Gasteiger partial charge >= 0.3 is 0 Å². The molecule has 0 saturated carbocycles. The number of carbonyl (C=O) groups is 1. The van der Waals surface area contributed by atoms with Crippen LogP contribution in [0.15, 0.2) is 4.52 Å². The van der Waals surface area contributed by atoms with E-state index in [1.54, 1.807) is 0 Å². The molecule has 2 atom stereocenters. The number of carbonyl (C=O) groups excluding carboxylic acids is 1. The number of nitrogens with one attached hydrogen (secondary N) is 1. The highest BCUT2D eigenvalue weighted by atomic mass is 16.5. The van der Waals surface area contributed by atoms with E-state index in [-0.39, 0.29) is 5.91 Å². The summed E-state index contributed by atoms with van der Waals surface area (Å²) in [5.41, 5.74) is 1.31. The van der Waals surface area contributed by atoms with E-state index in [9.17, 15) is 4.79 Å². The molecule has 29 heavy (non-hydrogen) atoms. The first kappa shape index (κ1) is 21.5. The minimum absolute atomic E-state index is 0.000660. The van der Waals surface area contributed by atoms with Gasteiger partial charge in [0.2, 0.25) is 5.91 Å². The highest BCUT2D eigenvalue weighted by molar-refractivity contribution is 5.88. The first-order chi connectivity index (χ1) is 14.0. The van der Waals surface area contributed by atoms with Gasteiger partial charge in [-0.15, -0.1) is 0 Å². The summed E-state index contributed by atoms with van der Waals surface area (Å²) >= 11 is 0. The Balaban J connectivity index is 1.68. The number of fused-ring (bicyclic) bond motifs is 1. The topological polar surface area (TPSA) is 93.4 Å². The third-order valence-corrected chi connectivity index (χ3v) is 5.27. The fourth-order valence-corrected chi connectivity index (χ4v) is 4.05. The molecule has 0 aliphatic carbocycles. The molecular formula is C21H33N5O3. The van der Waals surface area contributed by atoms with Gasteiger partial charge in [0.15, 0.2) is 0 Å².